The van der Waals surface area contributed by atoms with Crippen LogP contribution in [0.15, 0.2) is 30.5 Å². The van der Waals surface area contributed by atoms with Crippen molar-refractivity contribution in [1.82, 2.24) is 14.9 Å². The fourth-order valence-electron chi connectivity index (χ4n) is 3.98. The number of benzene rings is 1. The fraction of sp³-hybridized carbons (Fsp3) is 0.421. The number of aromatic nitrogens is 2. The molecule has 2 aliphatic rings. The third-order valence-corrected chi connectivity index (χ3v) is 5.35. The number of rotatable bonds is 2. The molecule has 2 aromatic rings. The van der Waals surface area contributed by atoms with Crippen LogP contribution in [0.1, 0.15) is 28.9 Å². The van der Waals surface area contributed by atoms with Gasteiger partial charge in [0.15, 0.2) is 0 Å². The Morgan fingerprint density at radius 2 is 2.00 bits per heavy atom. The number of halogens is 2. The van der Waals surface area contributed by atoms with Crippen molar-refractivity contribution < 1.29 is 13.6 Å². The molecule has 1 amide bonds. The van der Waals surface area contributed by atoms with Crippen LogP contribution >= 0.6 is 0 Å². The molecule has 4 rings (SSSR count). The number of likely N-dealkylation sites (tertiary alicyclic amines) is 1. The number of aryl methyl sites for hydroxylation is 1. The number of hydrogen-bond acceptors (Lipinski definition) is 4. The average molecular weight is 358 g/mol. The molecule has 3 heterocycles. The summed E-state index contributed by atoms with van der Waals surface area (Å²) in [6.07, 6.45) is 3.58. The maximum Gasteiger partial charge on any atom is 0.257 e. The highest BCUT2D eigenvalue weighted by Crippen LogP contribution is 2.34. The number of amides is 1. The van der Waals surface area contributed by atoms with Crippen LogP contribution in [-0.2, 0) is 0 Å². The van der Waals surface area contributed by atoms with Gasteiger partial charge in [-0.1, -0.05) is 0 Å². The Labute approximate surface area is 150 Å². The van der Waals surface area contributed by atoms with Crippen LogP contribution in [-0.4, -0.2) is 46.5 Å². The lowest BCUT2D eigenvalue weighted by Crippen LogP contribution is -2.50. The van der Waals surface area contributed by atoms with E-state index in [1.807, 2.05) is 13.0 Å². The largest absolute Gasteiger partial charge is 0.339 e. The van der Waals surface area contributed by atoms with Crippen LogP contribution in [0.2, 0.25) is 0 Å². The maximum absolute atomic E-state index is 14.0. The van der Waals surface area contributed by atoms with Gasteiger partial charge in [-0.3, -0.25) is 4.79 Å². The number of carbonyl (C=O) groups excluding carboxylic acids is 1. The molecule has 136 valence electrons. The highest BCUT2D eigenvalue weighted by atomic mass is 19.1. The van der Waals surface area contributed by atoms with Gasteiger partial charge in [0, 0.05) is 37.6 Å². The van der Waals surface area contributed by atoms with Crippen molar-refractivity contribution in [2.24, 2.45) is 5.92 Å². The van der Waals surface area contributed by atoms with E-state index in [0.29, 0.717) is 25.0 Å². The Morgan fingerprint density at radius 1 is 1.19 bits per heavy atom. The normalized spacial score (nSPS) is 22.4. The molecule has 1 aromatic carbocycles. The van der Waals surface area contributed by atoms with Gasteiger partial charge in [-0.05, 0) is 43.9 Å². The predicted molar refractivity (Wildman–Crippen MR) is 92.9 cm³/mol. The van der Waals surface area contributed by atoms with Crippen LogP contribution in [0, 0.1) is 24.5 Å². The first-order chi connectivity index (χ1) is 12.5. The van der Waals surface area contributed by atoms with E-state index < -0.39 is 11.6 Å². The molecule has 7 heteroatoms. The summed E-state index contributed by atoms with van der Waals surface area (Å²) in [5, 5.41) is 0. The van der Waals surface area contributed by atoms with Crippen LogP contribution in [0.4, 0.5) is 14.7 Å². The molecule has 2 aliphatic heterocycles. The van der Waals surface area contributed by atoms with E-state index in [0.717, 1.165) is 37.2 Å². The highest BCUT2D eigenvalue weighted by Gasteiger charge is 2.41. The van der Waals surface area contributed by atoms with Crippen LogP contribution in [0.25, 0.3) is 0 Å². The lowest BCUT2D eigenvalue weighted by atomic mass is 9.92. The predicted octanol–water partition coefficient (Wildman–Crippen LogP) is 2.80. The first-order valence-electron chi connectivity index (χ1n) is 8.83. The van der Waals surface area contributed by atoms with Gasteiger partial charge in [0.05, 0.1) is 11.6 Å². The molecule has 26 heavy (non-hydrogen) atoms. The average Bonchev–Trinajstić information content (AvgIpc) is 3.04. The summed E-state index contributed by atoms with van der Waals surface area (Å²) in [5.74, 6) is -0.812. The molecule has 2 unspecified atom stereocenters. The minimum absolute atomic E-state index is 0.00943. The summed E-state index contributed by atoms with van der Waals surface area (Å²) in [6, 6.07) is 4.94. The number of carbonyl (C=O) groups is 1. The van der Waals surface area contributed by atoms with E-state index in [4.69, 9.17) is 0 Å². The lowest BCUT2D eigenvalue weighted by Gasteiger charge is -2.38. The molecular formula is C19H20F2N4O. The van der Waals surface area contributed by atoms with Crippen LogP contribution in [0.3, 0.4) is 0 Å². The summed E-state index contributed by atoms with van der Waals surface area (Å²) in [5.41, 5.74) is 0.820. The Bertz CT molecular complexity index is 844. The SMILES string of the molecule is Cc1ccnc(N2CCC3CCN(C(=O)c4ccc(F)cc4F)C3C2)n1. The molecule has 2 fully saturated rings. The van der Waals surface area contributed by atoms with Gasteiger partial charge in [0.2, 0.25) is 5.95 Å². The van der Waals surface area contributed by atoms with Gasteiger partial charge < -0.3 is 9.80 Å². The topological polar surface area (TPSA) is 49.3 Å². The van der Waals surface area contributed by atoms with Gasteiger partial charge in [-0.25, -0.2) is 18.7 Å². The number of fused-ring (bicyclic) bond motifs is 1. The second kappa shape index (κ2) is 6.63. The van der Waals surface area contributed by atoms with Crippen molar-refractivity contribution in [3.63, 3.8) is 0 Å². The third-order valence-electron chi connectivity index (χ3n) is 5.35. The number of hydrogen-bond donors (Lipinski definition) is 0. The molecule has 2 saturated heterocycles. The molecular weight excluding hydrogens is 338 g/mol. The van der Waals surface area contributed by atoms with E-state index in [1.54, 1.807) is 11.1 Å². The Kier molecular flexibility index (Phi) is 4.30. The highest BCUT2D eigenvalue weighted by molar-refractivity contribution is 5.95. The second-order valence-corrected chi connectivity index (χ2v) is 6.97. The van der Waals surface area contributed by atoms with E-state index in [9.17, 15) is 13.6 Å². The lowest BCUT2D eigenvalue weighted by molar-refractivity contribution is 0.0707. The van der Waals surface area contributed by atoms with Gasteiger partial charge in [0.1, 0.15) is 11.6 Å². The molecule has 1 aromatic heterocycles. The fourth-order valence-corrected chi connectivity index (χ4v) is 3.98. The summed E-state index contributed by atoms with van der Waals surface area (Å²) in [6.45, 7) is 3.98. The monoisotopic (exact) mass is 358 g/mol. The zero-order valence-electron chi connectivity index (χ0n) is 14.5. The maximum atomic E-state index is 14.0. The van der Waals surface area contributed by atoms with Crippen molar-refractivity contribution in [3.05, 3.63) is 53.4 Å². The Morgan fingerprint density at radius 3 is 2.77 bits per heavy atom. The standard InChI is InChI=1S/C19H20F2N4O/c1-12-4-7-22-19(23-12)24-8-5-13-6-9-25(17(13)11-24)18(26)15-3-2-14(20)10-16(15)21/h2-4,7,10,13,17H,5-6,8-9,11H2,1H3. The second-order valence-electron chi connectivity index (χ2n) is 6.97. The van der Waals surface area contributed by atoms with Gasteiger partial charge in [0.25, 0.3) is 5.91 Å². The van der Waals surface area contributed by atoms with E-state index in [2.05, 4.69) is 14.9 Å². The molecule has 0 saturated carbocycles. The zero-order chi connectivity index (χ0) is 18.3. The molecule has 0 aliphatic carbocycles. The summed E-state index contributed by atoms with van der Waals surface area (Å²) >= 11 is 0. The minimum Gasteiger partial charge on any atom is -0.339 e. The molecule has 0 N–H and O–H groups in total. The van der Waals surface area contributed by atoms with Crippen molar-refractivity contribution in [2.75, 3.05) is 24.5 Å². The quantitative estimate of drug-likeness (QED) is 0.828. The van der Waals surface area contributed by atoms with Crippen molar-refractivity contribution in [3.8, 4) is 0 Å². The number of anilines is 1. The number of piperidine rings is 1. The third kappa shape index (κ3) is 3.02. The summed E-state index contributed by atoms with van der Waals surface area (Å²) in [4.78, 5) is 25.5. The van der Waals surface area contributed by atoms with Gasteiger partial charge in [-0.15, -0.1) is 0 Å². The smallest absolute Gasteiger partial charge is 0.257 e. The Hall–Kier alpha value is -2.57. The molecule has 2 atom stereocenters. The van der Waals surface area contributed by atoms with Crippen LogP contribution in [0.5, 0.6) is 0 Å². The first kappa shape index (κ1) is 16.9. The Balaban J connectivity index is 1.56. The van der Waals surface area contributed by atoms with E-state index >= 15 is 0 Å². The van der Waals surface area contributed by atoms with Crippen molar-refractivity contribution in [1.29, 1.82) is 0 Å². The van der Waals surface area contributed by atoms with Crippen molar-refractivity contribution in [2.45, 2.75) is 25.8 Å². The van der Waals surface area contributed by atoms with Crippen LogP contribution < -0.4 is 4.90 Å². The van der Waals surface area contributed by atoms with E-state index in [1.165, 1.54) is 6.07 Å². The molecule has 0 spiro atoms. The minimum atomic E-state index is -0.812. The van der Waals surface area contributed by atoms with E-state index in [-0.39, 0.29) is 17.5 Å². The number of nitrogens with zero attached hydrogens (tertiary/aromatic N) is 4. The summed E-state index contributed by atoms with van der Waals surface area (Å²) < 4.78 is 27.2. The first-order valence-corrected chi connectivity index (χ1v) is 8.83. The zero-order valence-corrected chi connectivity index (χ0v) is 14.5. The van der Waals surface area contributed by atoms with Crippen molar-refractivity contribution >= 4 is 11.9 Å². The van der Waals surface area contributed by atoms with Gasteiger partial charge >= 0.3 is 0 Å². The summed E-state index contributed by atoms with van der Waals surface area (Å²) in [7, 11) is 0. The molecule has 0 bridgehead atoms. The molecule has 5 nitrogen and oxygen atoms in total. The molecule has 0 radical (unpaired) electrons. The van der Waals surface area contributed by atoms with Gasteiger partial charge in [-0.2, -0.15) is 0 Å².